The highest BCUT2D eigenvalue weighted by Gasteiger charge is 2.10. The van der Waals surface area contributed by atoms with Crippen LogP contribution in [0, 0.1) is 20.8 Å². The van der Waals surface area contributed by atoms with Gasteiger partial charge in [0.25, 0.3) is 0 Å². The van der Waals surface area contributed by atoms with E-state index in [9.17, 15) is 0 Å². The fourth-order valence-corrected chi connectivity index (χ4v) is 1.99. The first-order chi connectivity index (χ1) is 9.11. The van der Waals surface area contributed by atoms with Crippen LogP contribution < -0.4 is 10.1 Å². The van der Waals surface area contributed by atoms with Crippen LogP contribution in [0.5, 0.6) is 5.75 Å². The van der Waals surface area contributed by atoms with Crippen molar-refractivity contribution in [1.82, 2.24) is 5.16 Å². The van der Waals surface area contributed by atoms with Crippen molar-refractivity contribution in [1.29, 1.82) is 0 Å². The van der Waals surface area contributed by atoms with E-state index in [4.69, 9.17) is 9.26 Å². The molecule has 0 radical (unpaired) electrons. The molecule has 0 amide bonds. The lowest BCUT2D eigenvalue weighted by Crippen LogP contribution is -2.04. The third-order valence-electron chi connectivity index (χ3n) is 3.07. The van der Waals surface area contributed by atoms with Gasteiger partial charge in [-0.2, -0.15) is 0 Å². The molecule has 0 aliphatic carbocycles. The minimum absolute atomic E-state index is 0.656. The van der Waals surface area contributed by atoms with Crippen molar-refractivity contribution < 1.29 is 9.26 Å². The Morgan fingerprint density at radius 2 is 2.05 bits per heavy atom. The van der Waals surface area contributed by atoms with Gasteiger partial charge in [0.2, 0.25) is 0 Å². The monoisotopic (exact) mass is 260 g/mol. The molecule has 0 saturated heterocycles. The zero-order valence-corrected chi connectivity index (χ0v) is 11.9. The van der Waals surface area contributed by atoms with E-state index in [2.05, 4.69) is 23.5 Å². The van der Waals surface area contributed by atoms with E-state index < -0.39 is 0 Å². The van der Waals surface area contributed by atoms with Crippen LogP contribution in [0.1, 0.15) is 29.5 Å². The summed E-state index contributed by atoms with van der Waals surface area (Å²) in [5.74, 6) is 1.74. The van der Waals surface area contributed by atoms with Gasteiger partial charge in [0.15, 0.2) is 0 Å². The zero-order valence-electron chi connectivity index (χ0n) is 11.9. The van der Waals surface area contributed by atoms with Crippen LogP contribution >= 0.6 is 0 Å². The van der Waals surface area contributed by atoms with Gasteiger partial charge in [0.1, 0.15) is 11.5 Å². The molecule has 0 aliphatic heterocycles. The number of nitrogens with one attached hydrogen (secondary N) is 1. The molecule has 0 unspecified atom stereocenters. The molecule has 19 heavy (non-hydrogen) atoms. The van der Waals surface area contributed by atoms with Crippen LogP contribution in [0.2, 0.25) is 0 Å². The maximum absolute atomic E-state index is 5.65. The lowest BCUT2D eigenvalue weighted by Gasteiger charge is -2.13. The fraction of sp³-hybridized carbons (Fsp3) is 0.400. The smallest absolute Gasteiger partial charge is 0.142 e. The summed E-state index contributed by atoms with van der Waals surface area (Å²) < 4.78 is 10.8. The Balaban J connectivity index is 2.15. The molecule has 1 aromatic carbocycles. The predicted molar refractivity (Wildman–Crippen MR) is 75.7 cm³/mol. The second-order valence-corrected chi connectivity index (χ2v) is 4.59. The third kappa shape index (κ3) is 3.08. The summed E-state index contributed by atoms with van der Waals surface area (Å²) in [5.41, 5.74) is 4.21. The van der Waals surface area contributed by atoms with Gasteiger partial charge < -0.3 is 14.6 Å². The first-order valence-corrected chi connectivity index (χ1v) is 6.51. The van der Waals surface area contributed by atoms with Crippen LogP contribution in [-0.4, -0.2) is 11.8 Å². The molecule has 0 saturated carbocycles. The quantitative estimate of drug-likeness (QED) is 0.892. The standard InChI is InChI=1S/C15H20N2O2/c1-5-18-15-8-10(2)6-7-14(15)16-9-13-11(3)17-19-12(13)4/h6-8,16H,5,9H2,1-4H3. The Hall–Kier alpha value is -1.97. The van der Waals surface area contributed by atoms with E-state index in [0.717, 1.165) is 28.5 Å². The maximum atomic E-state index is 5.65. The molecule has 2 rings (SSSR count). The summed E-state index contributed by atoms with van der Waals surface area (Å²) in [7, 11) is 0. The molecule has 4 nitrogen and oxygen atoms in total. The number of hydrogen-bond acceptors (Lipinski definition) is 4. The molecule has 0 atom stereocenters. The molecule has 0 aliphatic rings. The Morgan fingerprint density at radius 1 is 1.26 bits per heavy atom. The summed E-state index contributed by atoms with van der Waals surface area (Å²) in [5, 5.41) is 7.34. The third-order valence-corrected chi connectivity index (χ3v) is 3.07. The highest BCUT2D eigenvalue weighted by molar-refractivity contribution is 5.58. The first-order valence-electron chi connectivity index (χ1n) is 6.51. The van der Waals surface area contributed by atoms with Crippen molar-refractivity contribution in [3.05, 3.63) is 40.8 Å². The molecule has 102 valence electrons. The second kappa shape index (κ2) is 5.78. The lowest BCUT2D eigenvalue weighted by molar-refractivity contribution is 0.341. The normalized spacial score (nSPS) is 10.5. The molecule has 1 N–H and O–H groups in total. The van der Waals surface area contributed by atoms with Gasteiger partial charge in [-0.05, 0) is 45.4 Å². The summed E-state index contributed by atoms with van der Waals surface area (Å²) in [6.07, 6.45) is 0. The molecule has 0 fully saturated rings. The van der Waals surface area contributed by atoms with Crippen molar-refractivity contribution in [2.45, 2.75) is 34.2 Å². The maximum Gasteiger partial charge on any atom is 0.142 e. The van der Waals surface area contributed by atoms with Crippen LogP contribution in [-0.2, 0) is 6.54 Å². The topological polar surface area (TPSA) is 47.3 Å². The van der Waals surface area contributed by atoms with Crippen molar-refractivity contribution in [2.24, 2.45) is 0 Å². The van der Waals surface area contributed by atoms with Gasteiger partial charge >= 0.3 is 0 Å². The average molecular weight is 260 g/mol. The van der Waals surface area contributed by atoms with Gasteiger partial charge in [-0.15, -0.1) is 0 Å². The number of ether oxygens (including phenoxy) is 1. The van der Waals surface area contributed by atoms with Crippen LogP contribution in [0.4, 0.5) is 5.69 Å². The molecule has 0 spiro atoms. The molecule has 1 aromatic heterocycles. The van der Waals surface area contributed by atoms with E-state index in [1.54, 1.807) is 0 Å². The van der Waals surface area contributed by atoms with Crippen LogP contribution in [0.25, 0.3) is 0 Å². The Labute approximate surface area is 113 Å². The summed E-state index contributed by atoms with van der Waals surface area (Å²) in [6.45, 7) is 9.26. The molecule has 1 heterocycles. The largest absolute Gasteiger partial charge is 0.492 e. The summed E-state index contributed by atoms with van der Waals surface area (Å²) >= 11 is 0. The fourth-order valence-electron chi connectivity index (χ4n) is 1.99. The van der Waals surface area contributed by atoms with Gasteiger partial charge in [-0.25, -0.2) is 0 Å². The van der Waals surface area contributed by atoms with E-state index in [1.807, 2.05) is 32.9 Å². The summed E-state index contributed by atoms with van der Waals surface area (Å²) in [4.78, 5) is 0. The van der Waals surface area contributed by atoms with E-state index in [1.165, 1.54) is 5.56 Å². The first kappa shape index (κ1) is 13.5. The Kier molecular flexibility index (Phi) is 4.10. The van der Waals surface area contributed by atoms with E-state index in [0.29, 0.717) is 13.2 Å². The van der Waals surface area contributed by atoms with Crippen molar-refractivity contribution >= 4 is 5.69 Å². The molecule has 2 aromatic rings. The average Bonchev–Trinajstić information content (AvgIpc) is 2.69. The Bertz CT molecular complexity index is 542. The minimum Gasteiger partial charge on any atom is -0.492 e. The zero-order chi connectivity index (χ0) is 13.8. The van der Waals surface area contributed by atoms with E-state index >= 15 is 0 Å². The van der Waals surface area contributed by atoms with E-state index in [-0.39, 0.29) is 0 Å². The highest BCUT2D eigenvalue weighted by Crippen LogP contribution is 2.27. The van der Waals surface area contributed by atoms with Gasteiger partial charge in [0.05, 0.1) is 18.0 Å². The minimum atomic E-state index is 0.656. The highest BCUT2D eigenvalue weighted by atomic mass is 16.5. The number of anilines is 1. The van der Waals surface area contributed by atoms with Gasteiger partial charge in [-0.3, -0.25) is 0 Å². The predicted octanol–water partition coefficient (Wildman–Crippen LogP) is 3.61. The number of aromatic nitrogens is 1. The number of aryl methyl sites for hydroxylation is 3. The number of nitrogens with zero attached hydrogens (tertiary/aromatic N) is 1. The number of hydrogen-bond donors (Lipinski definition) is 1. The Morgan fingerprint density at radius 3 is 2.68 bits per heavy atom. The number of rotatable bonds is 5. The molecular weight excluding hydrogens is 240 g/mol. The number of benzene rings is 1. The van der Waals surface area contributed by atoms with Crippen molar-refractivity contribution in [3.8, 4) is 5.75 Å². The van der Waals surface area contributed by atoms with Crippen LogP contribution in [0.15, 0.2) is 22.7 Å². The SMILES string of the molecule is CCOc1cc(C)ccc1NCc1c(C)noc1C. The van der Waals surface area contributed by atoms with Crippen molar-refractivity contribution in [3.63, 3.8) is 0 Å². The lowest BCUT2D eigenvalue weighted by atomic mass is 10.1. The molecule has 4 heteroatoms. The van der Waals surface area contributed by atoms with Gasteiger partial charge in [0, 0.05) is 12.1 Å². The van der Waals surface area contributed by atoms with Crippen LogP contribution in [0.3, 0.4) is 0 Å². The summed E-state index contributed by atoms with van der Waals surface area (Å²) in [6, 6.07) is 6.15. The van der Waals surface area contributed by atoms with Gasteiger partial charge in [-0.1, -0.05) is 11.2 Å². The molecule has 0 bridgehead atoms. The second-order valence-electron chi connectivity index (χ2n) is 4.59. The van der Waals surface area contributed by atoms with Crippen molar-refractivity contribution in [2.75, 3.05) is 11.9 Å². The molecular formula is C15H20N2O2.